The van der Waals surface area contributed by atoms with Crippen LogP contribution in [0.25, 0.3) is 4.96 Å². The van der Waals surface area contributed by atoms with E-state index in [1.54, 1.807) is 19.2 Å². The van der Waals surface area contributed by atoms with E-state index < -0.39 is 29.0 Å². The Morgan fingerprint density at radius 3 is 2.90 bits per heavy atom. The fourth-order valence-corrected chi connectivity index (χ4v) is 2.66. The number of aryl methyl sites for hydroxylation is 1. The molecule has 0 saturated carbocycles. The first-order chi connectivity index (χ1) is 9.49. The van der Waals surface area contributed by atoms with Gasteiger partial charge in [0.2, 0.25) is 5.88 Å². The molecule has 0 radical (unpaired) electrons. The monoisotopic (exact) mass is 297 g/mol. The summed E-state index contributed by atoms with van der Waals surface area (Å²) >= 11 is 1.21. The number of nitrogens with zero attached hydrogens (tertiary/aromatic N) is 2. The third kappa shape index (κ3) is 2.39. The molecule has 1 amide bonds. The van der Waals surface area contributed by atoms with Crippen LogP contribution in [0.15, 0.2) is 10.2 Å². The number of amides is 1. The highest BCUT2D eigenvalue weighted by atomic mass is 32.1. The number of aromatic nitrogens is 2. The van der Waals surface area contributed by atoms with Crippen molar-refractivity contribution in [3.05, 3.63) is 27.0 Å². The van der Waals surface area contributed by atoms with Crippen molar-refractivity contribution in [2.24, 2.45) is 0 Å². The molecule has 0 bridgehead atoms. The van der Waals surface area contributed by atoms with Crippen molar-refractivity contribution in [3.8, 4) is 5.88 Å². The number of thiazole rings is 1. The molecule has 20 heavy (non-hydrogen) atoms. The lowest BCUT2D eigenvalue weighted by Crippen LogP contribution is -2.40. The van der Waals surface area contributed by atoms with Gasteiger partial charge in [-0.1, -0.05) is 6.92 Å². The van der Waals surface area contributed by atoms with Crippen LogP contribution in [0.4, 0.5) is 0 Å². The van der Waals surface area contributed by atoms with Gasteiger partial charge in [-0.05, 0) is 13.3 Å². The highest BCUT2D eigenvalue weighted by molar-refractivity contribution is 7.15. The Morgan fingerprint density at radius 1 is 1.60 bits per heavy atom. The van der Waals surface area contributed by atoms with Crippen LogP contribution in [0, 0.1) is 6.92 Å². The molecule has 3 N–H and O–H groups in total. The van der Waals surface area contributed by atoms with E-state index in [0.29, 0.717) is 17.1 Å². The van der Waals surface area contributed by atoms with Crippen LogP contribution in [-0.4, -0.2) is 38.2 Å². The minimum atomic E-state index is -0.735. The normalized spacial score (nSPS) is 12.6. The van der Waals surface area contributed by atoms with Gasteiger partial charge in [0.05, 0.1) is 12.6 Å². The quantitative estimate of drug-likeness (QED) is 0.751. The number of nitrogens with one attached hydrogen (secondary N) is 1. The molecule has 1 atom stereocenters. The maximum absolute atomic E-state index is 12.3. The van der Waals surface area contributed by atoms with E-state index in [1.807, 2.05) is 0 Å². The number of carbonyl (C=O) groups excluding carboxylic acids is 1. The summed E-state index contributed by atoms with van der Waals surface area (Å²) in [6, 6.07) is -0.467. The summed E-state index contributed by atoms with van der Waals surface area (Å²) in [7, 11) is 0. The van der Waals surface area contributed by atoms with Crippen LogP contribution in [0.3, 0.4) is 0 Å². The first-order valence-corrected chi connectivity index (χ1v) is 6.99. The van der Waals surface area contributed by atoms with Gasteiger partial charge < -0.3 is 15.5 Å². The lowest BCUT2D eigenvalue weighted by molar-refractivity contribution is 0.0909. The molecule has 0 spiro atoms. The minimum Gasteiger partial charge on any atom is -0.492 e. The molecule has 0 aromatic carbocycles. The molecular formula is C12H15N3O4S. The van der Waals surface area contributed by atoms with Gasteiger partial charge in [0, 0.05) is 11.1 Å². The number of hydrogen-bond donors (Lipinski definition) is 3. The molecule has 2 aromatic rings. The predicted molar refractivity (Wildman–Crippen MR) is 74.4 cm³/mol. The molecule has 8 heteroatoms. The van der Waals surface area contributed by atoms with Crippen LogP contribution >= 0.6 is 11.3 Å². The molecule has 0 aliphatic rings. The topological polar surface area (TPSA) is 104 Å². The third-order valence-electron chi connectivity index (χ3n) is 3.00. The van der Waals surface area contributed by atoms with Crippen molar-refractivity contribution < 1.29 is 15.0 Å². The van der Waals surface area contributed by atoms with Gasteiger partial charge in [-0.25, -0.2) is 0 Å². The van der Waals surface area contributed by atoms with Gasteiger partial charge in [0.1, 0.15) is 0 Å². The number of aromatic hydroxyl groups is 1. The zero-order chi connectivity index (χ0) is 14.9. The highest BCUT2D eigenvalue weighted by Crippen LogP contribution is 2.17. The van der Waals surface area contributed by atoms with E-state index >= 15 is 0 Å². The average molecular weight is 297 g/mol. The maximum Gasteiger partial charge on any atom is 0.275 e. The van der Waals surface area contributed by atoms with Crippen LogP contribution in [-0.2, 0) is 0 Å². The molecule has 7 nitrogen and oxygen atoms in total. The van der Waals surface area contributed by atoms with Crippen LogP contribution < -0.4 is 10.9 Å². The summed E-state index contributed by atoms with van der Waals surface area (Å²) in [4.78, 5) is 28.5. The molecule has 0 aliphatic carbocycles. The summed E-state index contributed by atoms with van der Waals surface area (Å²) in [6.45, 7) is 3.27. The van der Waals surface area contributed by atoms with Crippen molar-refractivity contribution in [2.75, 3.05) is 6.61 Å². The van der Waals surface area contributed by atoms with E-state index in [-0.39, 0.29) is 6.61 Å². The second-order valence-electron chi connectivity index (χ2n) is 4.37. The molecule has 1 unspecified atom stereocenters. The Kier molecular flexibility index (Phi) is 4.05. The fraction of sp³-hybridized carbons (Fsp3) is 0.417. The lowest BCUT2D eigenvalue weighted by atomic mass is 10.2. The smallest absolute Gasteiger partial charge is 0.275 e. The zero-order valence-corrected chi connectivity index (χ0v) is 11.9. The van der Waals surface area contributed by atoms with Crippen molar-refractivity contribution in [1.29, 1.82) is 0 Å². The van der Waals surface area contributed by atoms with Gasteiger partial charge in [-0.2, -0.15) is 4.98 Å². The van der Waals surface area contributed by atoms with Crippen LogP contribution in [0.5, 0.6) is 5.88 Å². The number of aliphatic hydroxyl groups is 1. The number of fused-ring (bicyclic) bond motifs is 1. The Balaban J connectivity index is 2.51. The van der Waals surface area contributed by atoms with E-state index in [2.05, 4.69) is 10.3 Å². The molecular weight excluding hydrogens is 282 g/mol. The van der Waals surface area contributed by atoms with E-state index in [1.165, 1.54) is 15.7 Å². The molecule has 0 aliphatic heterocycles. The number of carbonyl (C=O) groups is 1. The Hall–Kier alpha value is -1.93. The molecule has 2 rings (SSSR count). The standard InChI is InChI=1S/C12H15N3O4S/c1-3-7(4-16)13-9(17)8-10(18)14-12-15(11(8)19)6(2)5-20-12/h5,7,16,18H,3-4H2,1-2H3,(H,13,17). The molecule has 2 aromatic heterocycles. The Bertz CT molecular complexity index is 703. The van der Waals surface area contributed by atoms with Crippen molar-refractivity contribution in [2.45, 2.75) is 26.3 Å². The number of hydrogen-bond acceptors (Lipinski definition) is 6. The SMILES string of the molecule is CCC(CO)NC(=O)c1c(O)nc2scc(C)n2c1=O. The highest BCUT2D eigenvalue weighted by Gasteiger charge is 2.22. The zero-order valence-electron chi connectivity index (χ0n) is 11.1. The van der Waals surface area contributed by atoms with Crippen molar-refractivity contribution in [3.63, 3.8) is 0 Å². The Morgan fingerprint density at radius 2 is 2.30 bits per heavy atom. The second-order valence-corrected chi connectivity index (χ2v) is 5.21. The van der Waals surface area contributed by atoms with E-state index in [0.717, 1.165) is 0 Å². The predicted octanol–water partition coefficient (Wildman–Crippen LogP) is 0.271. The molecule has 108 valence electrons. The van der Waals surface area contributed by atoms with Gasteiger partial charge in [0.25, 0.3) is 11.5 Å². The largest absolute Gasteiger partial charge is 0.492 e. The summed E-state index contributed by atoms with van der Waals surface area (Å²) in [5.41, 5.74) is -0.377. The lowest BCUT2D eigenvalue weighted by Gasteiger charge is -2.14. The van der Waals surface area contributed by atoms with Crippen LogP contribution in [0.2, 0.25) is 0 Å². The molecule has 2 heterocycles. The second kappa shape index (κ2) is 5.59. The Labute approximate surface area is 118 Å². The van der Waals surface area contributed by atoms with Gasteiger partial charge >= 0.3 is 0 Å². The summed E-state index contributed by atoms with van der Waals surface area (Å²) in [5, 5.41) is 23.1. The van der Waals surface area contributed by atoms with E-state index in [4.69, 9.17) is 5.11 Å². The van der Waals surface area contributed by atoms with Gasteiger partial charge in [-0.3, -0.25) is 14.0 Å². The number of aliphatic hydroxyl groups excluding tert-OH is 1. The fourth-order valence-electron chi connectivity index (χ4n) is 1.80. The maximum atomic E-state index is 12.3. The first-order valence-electron chi connectivity index (χ1n) is 6.11. The summed E-state index contributed by atoms with van der Waals surface area (Å²) in [6.07, 6.45) is 0.511. The average Bonchev–Trinajstić information content (AvgIpc) is 2.77. The minimum absolute atomic E-state index is 0.239. The van der Waals surface area contributed by atoms with Gasteiger partial charge in [0.15, 0.2) is 10.5 Å². The van der Waals surface area contributed by atoms with Crippen molar-refractivity contribution >= 4 is 22.2 Å². The number of rotatable bonds is 4. The van der Waals surface area contributed by atoms with Crippen molar-refractivity contribution in [1.82, 2.24) is 14.7 Å². The van der Waals surface area contributed by atoms with Crippen LogP contribution in [0.1, 0.15) is 29.4 Å². The first kappa shape index (κ1) is 14.5. The third-order valence-corrected chi connectivity index (χ3v) is 3.94. The van der Waals surface area contributed by atoms with E-state index in [9.17, 15) is 14.7 Å². The summed E-state index contributed by atoms with van der Waals surface area (Å²) < 4.78 is 1.28. The van der Waals surface area contributed by atoms with Gasteiger partial charge in [-0.15, -0.1) is 11.3 Å². The molecule has 0 saturated heterocycles. The summed E-state index contributed by atoms with van der Waals surface area (Å²) in [5.74, 6) is -1.33. The molecule has 0 fully saturated rings.